The van der Waals surface area contributed by atoms with E-state index in [1.807, 2.05) is 5.32 Å². The number of ether oxygens (including phenoxy) is 2. The Labute approximate surface area is 186 Å². The Bertz CT molecular complexity index is 1120. The maximum atomic E-state index is 12.3. The number of imide groups is 1. The van der Waals surface area contributed by atoms with Crippen LogP contribution < -0.4 is 10.1 Å². The molecule has 32 heavy (non-hydrogen) atoms. The molecule has 172 valence electrons. The van der Waals surface area contributed by atoms with Gasteiger partial charge < -0.3 is 9.47 Å². The van der Waals surface area contributed by atoms with E-state index in [-0.39, 0.29) is 26.8 Å². The predicted octanol–water partition coefficient (Wildman–Crippen LogP) is 2.31. The molecule has 0 aliphatic heterocycles. The third-order valence-electron chi connectivity index (χ3n) is 3.85. The Morgan fingerprint density at radius 3 is 2.22 bits per heavy atom. The fourth-order valence-electron chi connectivity index (χ4n) is 2.26. The first-order valence-corrected chi connectivity index (χ1v) is 10.5. The second kappa shape index (κ2) is 10.5. The van der Waals surface area contributed by atoms with Crippen molar-refractivity contribution in [3.63, 3.8) is 0 Å². The molecule has 2 rings (SSSR count). The van der Waals surface area contributed by atoms with E-state index in [0.29, 0.717) is 0 Å². The molecule has 0 radical (unpaired) electrons. The number of carbonyl (C=O) groups is 3. The highest BCUT2D eigenvalue weighted by molar-refractivity contribution is 7.89. The third-order valence-corrected chi connectivity index (χ3v) is 6.15. The monoisotopic (exact) mass is 490 g/mol. The van der Waals surface area contributed by atoms with Crippen LogP contribution in [0.25, 0.3) is 0 Å². The molecule has 0 atom stereocenters. The number of nitrogens with zero attached hydrogens (tertiary/aromatic N) is 1. The van der Waals surface area contributed by atoms with Crippen molar-refractivity contribution >= 4 is 39.4 Å². The minimum Gasteiger partial charge on any atom is -0.452 e. The van der Waals surface area contributed by atoms with Crippen LogP contribution >= 0.6 is 11.6 Å². The minimum atomic E-state index is -3.93. The summed E-state index contributed by atoms with van der Waals surface area (Å²) in [5.41, 5.74) is -0.203. The molecule has 0 fully saturated rings. The smallest absolute Gasteiger partial charge is 0.387 e. The van der Waals surface area contributed by atoms with Crippen molar-refractivity contribution in [2.24, 2.45) is 0 Å². The topological polar surface area (TPSA) is 119 Å². The van der Waals surface area contributed by atoms with Crippen molar-refractivity contribution in [1.82, 2.24) is 9.62 Å². The zero-order valence-corrected chi connectivity index (χ0v) is 18.2. The van der Waals surface area contributed by atoms with Crippen LogP contribution in [0.5, 0.6) is 5.75 Å². The molecular formula is C19H17ClF2N2O7S. The Morgan fingerprint density at radius 1 is 1.06 bits per heavy atom. The van der Waals surface area contributed by atoms with Gasteiger partial charge in [-0.25, -0.2) is 17.5 Å². The summed E-state index contributed by atoms with van der Waals surface area (Å²) < 4.78 is 58.7. The summed E-state index contributed by atoms with van der Waals surface area (Å²) in [4.78, 5) is 35.8. The first kappa shape index (κ1) is 25.2. The summed E-state index contributed by atoms with van der Waals surface area (Å²) in [6.45, 7) is -3.86. The van der Waals surface area contributed by atoms with Crippen LogP contribution in [0.3, 0.4) is 0 Å². The van der Waals surface area contributed by atoms with Gasteiger partial charge in [-0.2, -0.15) is 8.78 Å². The van der Waals surface area contributed by atoms with Crippen molar-refractivity contribution in [2.75, 3.05) is 20.7 Å². The van der Waals surface area contributed by atoms with Gasteiger partial charge in [-0.05, 0) is 42.5 Å². The van der Waals surface area contributed by atoms with Gasteiger partial charge in [0, 0.05) is 19.7 Å². The minimum absolute atomic E-state index is 0.0254. The number of amides is 2. The molecular weight excluding hydrogens is 474 g/mol. The summed E-state index contributed by atoms with van der Waals surface area (Å²) >= 11 is 5.90. The number of halogens is 3. The fourth-order valence-corrected chi connectivity index (χ4v) is 3.66. The number of alkyl halides is 2. The van der Waals surface area contributed by atoms with Gasteiger partial charge in [0.2, 0.25) is 10.0 Å². The van der Waals surface area contributed by atoms with Gasteiger partial charge in [-0.1, -0.05) is 11.6 Å². The molecule has 0 spiro atoms. The number of hydrogen-bond donors (Lipinski definition) is 1. The molecule has 2 aromatic carbocycles. The van der Waals surface area contributed by atoms with E-state index in [0.717, 1.165) is 34.6 Å². The normalized spacial score (nSPS) is 11.3. The number of hydrogen-bond acceptors (Lipinski definition) is 7. The summed E-state index contributed by atoms with van der Waals surface area (Å²) in [6.07, 6.45) is 0. The van der Waals surface area contributed by atoms with Crippen molar-refractivity contribution in [3.05, 3.63) is 58.6 Å². The molecule has 0 aromatic heterocycles. The van der Waals surface area contributed by atoms with Gasteiger partial charge in [0.05, 0.1) is 10.6 Å². The lowest BCUT2D eigenvalue weighted by atomic mass is 10.2. The highest BCUT2D eigenvalue weighted by Crippen LogP contribution is 2.25. The molecule has 0 heterocycles. The van der Waals surface area contributed by atoms with Crippen LogP contribution in [0, 0.1) is 0 Å². The van der Waals surface area contributed by atoms with Gasteiger partial charge in [-0.15, -0.1) is 0 Å². The second-order valence-corrected chi connectivity index (χ2v) is 8.82. The highest BCUT2D eigenvalue weighted by atomic mass is 35.5. The lowest BCUT2D eigenvalue weighted by Gasteiger charge is -2.13. The Balaban J connectivity index is 1.98. The zero-order valence-electron chi connectivity index (χ0n) is 16.7. The molecule has 1 N–H and O–H groups in total. The largest absolute Gasteiger partial charge is 0.452 e. The predicted molar refractivity (Wildman–Crippen MR) is 108 cm³/mol. The maximum absolute atomic E-state index is 12.3. The van der Waals surface area contributed by atoms with Crippen LogP contribution in [0.2, 0.25) is 5.02 Å². The standard InChI is InChI=1S/C19H17ClF2N2O7S/c1-24(2)32(28,29)15-9-12(5-8-14(15)20)18(27)30-10-16(25)23-17(26)11-3-6-13(7-4-11)31-19(21)22/h3-9,19H,10H2,1-2H3,(H,23,25,26). The van der Waals surface area contributed by atoms with Gasteiger partial charge in [-0.3, -0.25) is 14.9 Å². The Kier molecular flexibility index (Phi) is 8.25. The van der Waals surface area contributed by atoms with E-state index in [1.54, 1.807) is 0 Å². The fraction of sp³-hybridized carbons (Fsp3) is 0.211. The van der Waals surface area contributed by atoms with Gasteiger partial charge >= 0.3 is 12.6 Å². The van der Waals surface area contributed by atoms with E-state index in [4.69, 9.17) is 16.3 Å². The van der Waals surface area contributed by atoms with Gasteiger partial charge in [0.25, 0.3) is 11.8 Å². The number of esters is 1. The quantitative estimate of drug-likeness (QED) is 0.564. The lowest BCUT2D eigenvalue weighted by Crippen LogP contribution is -2.34. The molecule has 0 unspecified atom stereocenters. The van der Waals surface area contributed by atoms with Gasteiger partial charge in [0.1, 0.15) is 10.6 Å². The Morgan fingerprint density at radius 2 is 1.66 bits per heavy atom. The molecule has 0 saturated carbocycles. The molecule has 9 nitrogen and oxygen atoms in total. The molecule has 2 aromatic rings. The van der Waals surface area contributed by atoms with E-state index in [9.17, 15) is 31.6 Å². The summed E-state index contributed by atoms with van der Waals surface area (Å²) in [5.74, 6) is -3.02. The molecule has 0 bridgehead atoms. The third kappa shape index (κ3) is 6.45. The number of carbonyl (C=O) groups excluding carboxylic acids is 3. The van der Waals surface area contributed by atoms with Crippen LogP contribution in [-0.4, -0.2) is 57.8 Å². The van der Waals surface area contributed by atoms with Crippen LogP contribution in [-0.2, 0) is 19.6 Å². The number of nitrogens with one attached hydrogen (secondary N) is 1. The molecule has 0 aliphatic rings. The van der Waals surface area contributed by atoms with E-state index in [1.165, 1.54) is 26.2 Å². The van der Waals surface area contributed by atoms with Crippen LogP contribution in [0.1, 0.15) is 20.7 Å². The number of sulfonamides is 1. The molecule has 13 heteroatoms. The van der Waals surface area contributed by atoms with Crippen molar-refractivity contribution in [1.29, 1.82) is 0 Å². The molecule has 0 aliphatic carbocycles. The average Bonchev–Trinajstić information content (AvgIpc) is 2.72. The number of rotatable bonds is 8. The van der Waals surface area contributed by atoms with Crippen molar-refractivity contribution in [2.45, 2.75) is 11.5 Å². The summed E-state index contributed by atoms with van der Waals surface area (Å²) in [5, 5.41) is 1.85. The average molecular weight is 491 g/mol. The highest BCUT2D eigenvalue weighted by Gasteiger charge is 2.23. The zero-order chi connectivity index (χ0) is 24.1. The molecule has 2 amide bonds. The maximum Gasteiger partial charge on any atom is 0.387 e. The van der Waals surface area contributed by atoms with E-state index in [2.05, 4.69) is 4.74 Å². The first-order valence-electron chi connectivity index (χ1n) is 8.70. The molecule has 0 saturated heterocycles. The van der Waals surface area contributed by atoms with Gasteiger partial charge in [0.15, 0.2) is 6.61 Å². The Hall–Kier alpha value is -3.09. The van der Waals surface area contributed by atoms with Crippen molar-refractivity contribution < 1.29 is 41.1 Å². The van der Waals surface area contributed by atoms with Crippen LogP contribution in [0.4, 0.5) is 8.78 Å². The van der Waals surface area contributed by atoms with E-state index >= 15 is 0 Å². The summed E-state index contributed by atoms with van der Waals surface area (Å²) in [7, 11) is -1.35. The first-order chi connectivity index (χ1) is 14.9. The van der Waals surface area contributed by atoms with Crippen molar-refractivity contribution in [3.8, 4) is 5.75 Å². The van der Waals surface area contributed by atoms with E-state index < -0.39 is 41.0 Å². The lowest BCUT2D eigenvalue weighted by molar-refractivity contribution is -0.123. The summed E-state index contributed by atoms with van der Waals surface area (Å²) in [6, 6.07) is 7.97. The van der Waals surface area contributed by atoms with Crippen LogP contribution in [0.15, 0.2) is 47.4 Å². The second-order valence-electron chi connectivity index (χ2n) is 6.29. The number of benzene rings is 2. The SMILES string of the molecule is CN(C)S(=O)(=O)c1cc(C(=O)OCC(=O)NC(=O)c2ccc(OC(F)F)cc2)ccc1Cl.